The summed E-state index contributed by atoms with van der Waals surface area (Å²) in [4.78, 5) is 0. The zero-order valence-corrected chi connectivity index (χ0v) is 15.2. The molecule has 1 N–H and O–H groups in total. The van der Waals surface area contributed by atoms with E-state index in [0.717, 1.165) is 30.2 Å². The molecule has 2 aromatic rings. The molecule has 0 aliphatic carbocycles. The first kappa shape index (κ1) is 18.2. The standard InChI is InChI=1S/C21H29NO2/c1-5-17(4)20-11-6-7-12-21(20)23-14-13-22-18-9-8-10-19(15-18)24-16(2)3/h6-12,15-17,22H,5,13-14H2,1-4H3. The van der Waals surface area contributed by atoms with Crippen LogP contribution in [0.3, 0.4) is 0 Å². The van der Waals surface area contributed by atoms with E-state index in [1.54, 1.807) is 0 Å². The van der Waals surface area contributed by atoms with Crippen molar-refractivity contribution in [2.24, 2.45) is 0 Å². The second kappa shape index (κ2) is 9.21. The first-order valence-electron chi connectivity index (χ1n) is 8.82. The Balaban J connectivity index is 1.85. The van der Waals surface area contributed by atoms with Gasteiger partial charge in [0.25, 0.3) is 0 Å². The second-order valence-corrected chi connectivity index (χ2v) is 6.32. The highest BCUT2D eigenvalue weighted by atomic mass is 16.5. The third kappa shape index (κ3) is 5.48. The molecule has 0 bridgehead atoms. The quantitative estimate of drug-likeness (QED) is 0.619. The van der Waals surface area contributed by atoms with Crippen LogP contribution in [0.4, 0.5) is 5.69 Å². The largest absolute Gasteiger partial charge is 0.491 e. The Morgan fingerprint density at radius 1 is 1.00 bits per heavy atom. The molecule has 2 aromatic carbocycles. The van der Waals surface area contributed by atoms with E-state index in [4.69, 9.17) is 9.47 Å². The minimum absolute atomic E-state index is 0.181. The minimum Gasteiger partial charge on any atom is -0.491 e. The maximum absolute atomic E-state index is 5.98. The van der Waals surface area contributed by atoms with Crippen LogP contribution in [-0.2, 0) is 0 Å². The van der Waals surface area contributed by atoms with E-state index in [1.807, 2.05) is 44.2 Å². The molecule has 0 heterocycles. The lowest BCUT2D eigenvalue weighted by Crippen LogP contribution is -2.13. The fraction of sp³-hybridized carbons (Fsp3) is 0.429. The van der Waals surface area contributed by atoms with E-state index < -0.39 is 0 Å². The average Bonchev–Trinajstić information content (AvgIpc) is 2.58. The summed E-state index contributed by atoms with van der Waals surface area (Å²) in [5, 5.41) is 3.39. The average molecular weight is 327 g/mol. The zero-order valence-electron chi connectivity index (χ0n) is 15.2. The van der Waals surface area contributed by atoms with E-state index in [9.17, 15) is 0 Å². The number of hydrogen-bond acceptors (Lipinski definition) is 3. The van der Waals surface area contributed by atoms with Crippen LogP contribution in [0.1, 0.15) is 45.6 Å². The molecule has 3 nitrogen and oxygen atoms in total. The third-order valence-electron chi connectivity index (χ3n) is 3.96. The maximum atomic E-state index is 5.98. The summed E-state index contributed by atoms with van der Waals surface area (Å²) in [5.74, 6) is 2.39. The van der Waals surface area contributed by atoms with Crippen LogP contribution in [0.25, 0.3) is 0 Å². The van der Waals surface area contributed by atoms with Crippen LogP contribution in [0.2, 0.25) is 0 Å². The normalized spacial score (nSPS) is 12.0. The fourth-order valence-corrected chi connectivity index (χ4v) is 2.55. The Hall–Kier alpha value is -2.16. The zero-order chi connectivity index (χ0) is 17.4. The van der Waals surface area contributed by atoms with Crippen LogP contribution in [-0.4, -0.2) is 19.3 Å². The van der Waals surface area contributed by atoms with Gasteiger partial charge in [0, 0.05) is 18.3 Å². The lowest BCUT2D eigenvalue weighted by molar-refractivity contribution is 0.242. The van der Waals surface area contributed by atoms with Gasteiger partial charge in [0.05, 0.1) is 6.10 Å². The SMILES string of the molecule is CCC(C)c1ccccc1OCCNc1cccc(OC(C)C)c1. The van der Waals surface area contributed by atoms with Gasteiger partial charge in [-0.15, -0.1) is 0 Å². The fourth-order valence-electron chi connectivity index (χ4n) is 2.55. The van der Waals surface area contributed by atoms with Crippen LogP contribution < -0.4 is 14.8 Å². The van der Waals surface area contributed by atoms with Crippen molar-refractivity contribution in [2.45, 2.75) is 46.1 Å². The predicted molar refractivity (Wildman–Crippen MR) is 101 cm³/mol. The second-order valence-electron chi connectivity index (χ2n) is 6.32. The molecule has 0 saturated carbocycles. The summed E-state index contributed by atoms with van der Waals surface area (Å²) >= 11 is 0. The summed E-state index contributed by atoms with van der Waals surface area (Å²) in [5.41, 5.74) is 2.33. The van der Waals surface area contributed by atoms with Crippen molar-refractivity contribution in [3.05, 3.63) is 54.1 Å². The van der Waals surface area contributed by atoms with Gasteiger partial charge in [0.2, 0.25) is 0 Å². The topological polar surface area (TPSA) is 30.5 Å². The molecule has 0 saturated heterocycles. The number of anilines is 1. The van der Waals surface area contributed by atoms with E-state index in [-0.39, 0.29) is 6.10 Å². The lowest BCUT2D eigenvalue weighted by atomic mass is 9.98. The molecule has 0 aromatic heterocycles. The molecule has 2 rings (SSSR count). The Morgan fingerprint density at radius 3 is 2.54 bits per heavy atom. The smallest absolute Gasteiger partial charge is 0.122 e. The number of hydrogen-bond donors (Lipinski definition) is 1. The lowest BCUT2D eigenvalue weighted by Gasteiger charge is -2.16. The molecule has 0 fully saturated rings. The van der Waals surface area contributed by atoms with Gasteiger partial charge in [-0.05, 0) is 49.9 Å². The molecule has 0 spiro atoms. The van der Waals surface area contributed by atoms with Gasteiger partial charge < -0.3 is 14.8 Å². The highest BCUT2D eigenvalue weighted by Gasteiger charge is 2.09. The van der Waals surface area contributed by atoms with Gasteiger partial charge in [-0.25, -0.2) is 0 Å². The van der Waals surface area contributed by atoms with Gasteiger partial charge >= 0.3 is 0 Å². The van der Waals surface area contributed by atoms with E-state index in [0.29, 0.717) is 12.5 Å². The summed E-state index contributed by atoms with van der Waals surface area (Å²) in [6.45, 7) is 9.88. The Labute approximate surface area is 146 Å². The molecule has 0 radical (unpaired) electrons. The van der Waals surface area contributed by atoms with Crippen molar-refractivity contribution in [3.63, 3.8) is 0 Å². The molecule has 3 heteroatoms. The van der Waals surface area contributed by atoms with Crippen molar-refractivity contribution in [2.75, 3.05) is 18.5 Å². The summed E-state index contributed by atoms with van der Waals surface area (Å²) in [6, 6.07) is 16.4. The maximum Gasteiger partial charge on any atom is 0.122 e. The number of para-hydroxylation sites is 1. The summed E-state index contributed by atoms with van der Waals surface area (Å²) in [7, 11) is 0. The van der Waals surface area contributed by atoms with Gasteiger partial charge in [0.1, 0.15) is 18.1 Å². The van der Waals surface area contributed by atoms with Crippen LogP contribution >= 0.6 is 0 Å². The Kier molecular flexibility index (Phi) is 6.98. The van der Waals surface area contributed by atoms with E-state index in [1.165, 1.54) is 5.56 Å². The first-order valence-corrected chi connectivity index (χ1v) is 8.82. The molecular formula is C21H29NO2. The minimum atomic E-state index is 0.181. The number of benzene rings is 2. The van der Waals surface area contributed by atoms with Crippen LogP contribution in [0.15, 0.2) is 48.5 Å². The van der Waals surface area contributed by atoms with Crippen molar-refractivity contribution in [3.8, 4) is 11.5 Å². The van der Waals surface area contributed by atoms with Crippen molar-refractivity contribution >= 4 is 5.69 Å². The van der Waals surface area contributed by atoms with Gasteiger partial charge in [-0.3, -0.25) is 0 Å². The molecule has 0 aliphatic heterocycles. The van der Waals surface area contributed by atoms with Crippen molar-refractivity contribution < 1.29 is 9.47 Å². The van der Waals surface area contributed by atoms with Crippen LogP contribution in [0.5, 0.6) is 11.5 Å². The van der Waals surface area contributed by atoms with Crippen molar-refractivity contribution in [1.29, 1.82) is 0 Å². The van der Waals surface area contributed by atoms with Gasteiger partial charge in [-0.1, -0.05) is 38.1 Å². The van der Waals surface area contributed by atoms with E-state index >= 15 is 0 Å². The highest BCUT2D eigenvalue weighted by molar-refractivity contribution is 5.48. The number of nitrogens with one attached hydrogen (secondary N) is 1. The molecule has 1 atom stereocenters. The molecule has 130 valence electrons. The van der Waals surface area contributed by atoms with E-state index in [2.05, 4.69) is 37.4 Å². The number of ether oxygens (including phenoxy) is 2. The first-order chi connectivity index (χ1) is 11.6. The Morgan fingerprint density at radius 2 is 1.79 bits per heavy atom. The van der Waals surface area contributed by atoms with Crippen molar-refractivity contribution in [1.82, 2.24) is 0 Å². The molecule has 1 unspecified atom stereocenters. The molecular weight excluding hydrogens is 298 g/mol. The summed E-state index contributed by atoms with van der Waals surface area (Å²) in [6.07, 6.45) is 1.29. The summed E-state index contributed by atoms with van der Waals surface area (Å²) < 4.78 is 11.7. The molecule has 0 aliphatic rings. The van der Waals surface area contributed by atoms with Crippen LogP contribution in [0, 0.1) is 0 Å². The highest BCUT2D eigenvalue weighted by Crippen LogP contribution is 2.28. The molecule has 0 amide bonds. The molecule has 24 heavy (non-hydrogen) atoms. The van der Waals surface area contributed by atoms with Gasteiger partial charge in [0.15, 0.2) is 0 Å². The van der Waals surface area contributed by atoms with Gasteiger partial charge in [-0.2, -0.15) is 0 Å². The number of rotatable bonds is 9. The predicted octanol–water partition coefficient (Wildman–Crippen LogP) is 5.48. The monoisotopic (exact) mass is 327 g/mol. The third-order valence-corrected chi connectivity index (χ3v) is 3.96. The Bertz CT molecular complexity index is 625.